The number of benzene rings is 2. The molecule has 118 valence electrons. The molecular weight excluding hydrogens is 328 g/mol. The lowest BCUT2D eigenvalue weighted by Crippen LogP contribution is -2.20. The zero-order chi connectivity index (χ0) is 16.1. The summed E-state index contributed by atoms with van der Waals surface area (Å²) in [6, 6.07) is 9.48. The van der Waals surface area contributed by atoms with Gasteiger partial charge in [-0.15, -0.1) is 0 Å². The van der Waals surface area contributed by atoms with Gasteiger partial charge in [0.25, 0.3) is 0 Å². The van der Waals surface area contributed by atoms with Crippen LogP contribution in [0.25, 0.3) is 0 Å². The Balaban J connectivity index is 2.04. The molecule has 22 heavy (non-hydrogen) atoms. The summed E-state index contributed by atoms with van der Waals surface area (Å²) >= 11 is 11.9. The minimum atomic E-state index is -0.572. The molecule has 0 bridgehead atoms. The van der Waals surface area contributed by atoms with Crippen molar-refractivity contribution in [1.82, 2.24) is 0 Å². The Labute approximate surface area is 138 Å². The fraction of sp³-hybridized carbons (Fsp3) is 0.250. The minimum absolute atomic E-state index is 0.103. The number of hydrogen-bond acceptors (Lipinski definition) is 3. The van der Waals surface area contributed by atoms with Crippen LogP contribution < -0.4 is 10.5 Å². The summed E-state index contributed by atoms with van der Waals surface area (Å²) in [7, 11) is 0. The van der Waals surface area contributed by atoms with Gasteiger partial charge in [-0.25, -0.2) is 4.39 Å². The smallest absolute Gasteiger partial charge is 0.199 e. The maximum Gasteiger partial charge on any atom is 0.199 e. The third kappa shape index (κ3) is 4.26. The lowest BCUT2D eigenvalue weighted by atomic mass is 10.2. The molecule has 0 aliphatic heterocycles. The summed E-state index contributed by atoms with van der Waals surface area (Å²) in [6.45, 7) is 1.99. The molecule has 3 nitrogen and oxygen atoms in total. The van der Waals surface area contributed by atoms with E-state index < -0.39 is 6.29 Å². The van der Waals surface area contributed by atoms with Gasteiger partial charge in [-0.3, -0.25) is 0 Å². The van der Waals surface area contributed by atoms with Gasteiger partial charge in [0.05, 0.1) is 22.3 Å². The van der Waals surface area contributed by atoms with Crippen LogP contribution in [0.15, 0.2) is 36.4 Å². The average molecular weight is 344 g/mol. The van der Waals surface area contributed by atoms with Crippen LogP contribution in [0.3, 0.4) is 0 Å². The second-order valence-corrected chi connectivity index (χ2v) is 5.48. The molecule has 0 radical (unpaired) electrons. The highest BCUT2D eigenvalue weighted by Gasteiger charge is 2.14. The SMILES string of the molecule is CCC(OCc1ccccc1F)Oc1cc(N)c(Cl)cc1Cl. The second-order valence-electron chi connectivity index (χ2n) is 4.66. The molecule has 2 N–H and O–H groups in total. The van der Waals surface area contributed by atoms with Crippen molar-refractivity contribution in [2.45, 2.75) is 26.2 Å². The van der Waals surface area contributed by atoms with Crippen molar-refractivity contribution in [1.29, 1.82) is 0 Å². The molecule has 0 heterocycles. The first-order valence-electron chi connectivity index (χ1n) is 6.77. The molecule has 0 saturated carbocycles. The lowest BCUT2D eigenvalue weighted by molar-refractivity contribution is -0.0911. The van der Waals surface area contributed by atoms with Crippen molar-refractivity contribution in [2.75, 3.05) is 5.73 Å². The van der Waals surface area contributed by atoms with Crippen LogP contribution in [0, 0.1) is 5.82 Å². The standard InChI is InChI=1S/C16H16Cl2FNO2/c1-2-16(21-9-10-5-3-4-6-13(10)19)22-15-8-14(20)11(17)7-12(15)18/h3-8,16H,2,9,20H2,1H3. The van der Waals surface area contributed by atoms with E-state index in [-0.39, 0.29) is 12.4 Å². The molecule has 6 heteroatoms. The maximum absolute atomic E-state index is 13.6. The van der Waals surface area contributed by atoms with E-state index in [1.165, 1.54) is 12.1 Å². The van der Waals surface area contributed by atoms with Gasteiger partial charge in [0.2, 0.25) is 0 Å². The van der Waals surface area contributed by atoms with E-state index in [9.17, 15) is 4.39 Å². The van der Waals surface area contributed by atoms with Crippen molar-refractivity contribution >= 4 is 28.9 Å². The van der Waals surface area contributed by atoms with Gasteiger partial charge >= 0.3 is 0 Å². The fourth-order valence-electron chi connectivity index (χ4n) is 1.81. The van der Waals surface area contributed by atoms with Crippen molar-refractivity contribution < 1.29 is 13.9 Å². The van der Waals surface area contributed by atoms with E-state index in [4.69, 9.17) is 38.4 Å². The van der Waals surface area contributed by atoms with Gasteiger partial charge in [-0.1, -0.05) is 48.3 Å². The number of halogens is 3. The summed E-state index contributed by atoms with van der Waals surface area (Å²) < 4.78 is 24.8. The van der Waals surface area contributed by atoms with Crippen molar-refractivity contribution in [3.05, 3.63) is 57.8 Å². The molecule has 2 aromatic carbocycles. The van der Waals surface area contributed by atoms with E-state index in [2.05, 4.69) is 0 Å². The minimum Gasteiger partial charge on any atom is -0.463 e. The van der Waals surface area contributed by atoms with E-state index in [1.54, 1.807) is 24.3 Å². The highest BCUT2D eigenvalue weighted by molar-refractivity contribution is 6.37. The third-order valence-corrected chi connectivity index (χ3v) is 3.65. The predicted octanol–water partition coefficient (Wildman–Crippen LogP) is 5.05. The molecule has 0 amide bonds. The first-order chi connectivity index (χ1) is 10.5. The number of nitrogens with two attached hydrogens (primary N) is 1. The quantitative estimate of drug-likeness (QED) is 0.589. The lowest BCUT2D eigenvalue weighted by Gasteiger charge is -2.19. The van der Waals surface area contributed by atoms with E-state index in [0.29, 0.717) is 33.5 Å². The van der Waals surface area contributed by atoms with E-state index in [0.717, 1.165) is 0 Å². The van der Waals surface area contributed by atoms with Crippen molar-refractivity contribution in [3.8, 4) is 5.75 Å². The second kappa shape index (κ2) is 7.68. The van der Waals surface area contributed by atoms with Gasteiger partial charge in [0.1, 0.15) is 11.6 Å². The highest BCUT2D eigenvalue weighted by atomic mass is 35.5. The molecule has 0 saturated heterocycles. The number of nitrogen functional groups attached to an aromatic ring is 1. The average Bonchev–Trinajstić information content (AvgIpc) is 2.50. The van der Waals surface area contributed by atoms with Crippen LogP contribution in [0.2, 0.25) is 10.0 Å². The van der Waals surface area contributed by atoms with Gasteiger partial charge in [-0.2, -0.15) is 0 Å². The first-order valence-corrected chi connectivity index (χ1v) is 7.53. The van der Waals surface area contributed by atoms with Crippen LogP contribution in [0.1, 0.15) is 18.9 Å². The monoisotopic (exact) mass is 343 g/mol. The predicted molar refractivity (Wildman–Crippen MR) is 86.8 cm³/mol. The van der Waals surface area contributed by atoms with Gasteiger partial charge in [-0.05, 0) is 12.1 Å². The molecule has 0 aromatic heterocycles. The summed E-state index contributed by atoms with van der Waals surface area (Å²) in [4.78, 5) is 0. The van der Waals surface area contributed by atoms with Crippen LogP contribution in [-0.2, 0) is 11.3 Å². The number of ether oxygens (including phenoxy) is 2. The Bertz CT molecular complexity index is 652. The zero-order valence-electron chi connectivity index (χ0n) is 12.0. The fourth-order valence-corrected chi connectivity index (χ4v) is 2.24. The van der Waals surface area contributed by atoms with Crippen LogP contribution >= 0.6 is 23.2 Å². The largest absolute Gasteiger partial charge is 0.463 e. The van der Waals surface area contributed by atoms with Crippen LogP contribution in [0.4, 0.5) is 10.1 Å². The number of hydrogen-bond donors (Lipinski definition) is 1. The third-order valence-electron chi connectivity index (χ3n) is 3.03. The summed E-state index contributed by atoms with van der Waals surface area (Å²) in [5.41, 5.74) is 6.56. The maximum atomic E-state index is 13.6. The number of rotatable bonds is 6. The Morgan fingerprint density at radius 2 is 1.91 bits per heavy atom. The Morgan fingerprint density at radius 3 is 2.59 bits per heavy atom. The van der Waals surface area contributed by atoms with Gasteiger partial charge < -0.3 is 15.2 Å². The van der Waals surface area contributed by atoms with Crippen LogP contribution in [-0.4, -0.2) is 6.29 Å². The van der Waals surface area contributed by atoms with Crippen LogP contribution in [0.5, 0.6) is 5.75 Å². The number of anilines is 1. The molecular formula is C16H16Cl2FNO2. The van der Waals surface area contributed by atoms with Crippen molar-refractivity contribution in [2.24, 2.45) is 0 Å². The normalized spacial score (nSPS) is 12.2. The Hall–Kier alpha value is -1.49. The Morgan fingerprint density at radius 1 is 1.18 bits per heavy atom. The summed E-state index contributed by atoms with van der Waals surface area (Å²) in [5, 5.41) is 0.699. The highest BCUT2D eigenvalue weighted by Crippen LogP contribution is 2.33. The topological polar surface area (TPSA) is 44.5 Å². The summed E-state index contributed by atoms with van der Waals surface area (Å²) in [5.74, 6) is 0.0649. The Kier molecular flexibility index (Phi) is 5.89. The molecule has 0 aliphatic carbocycles. The summed E-state index contributed by atoms with van der Waals surface area (Å²) in [6.07, 6.45) is -0.00878. The first kappa shape index (κ1) is 16.9. The van der Waals surface area contributed by atoms with Crippen molar-refractivity contribution in [3.63, 3.8) is 0 Å². The zero-order valence-corrected chi connectivity index (χ0v) is 13.5. The van der Waals surface area contributed by atoms with Gasteiger partial charge in [0.15, 0.2) is 6.29 Å². The molecule has 1 unspecified atom stereocenters. The van der Waals surface area contributed by atoms with E-state index in [1.807, 2.05) is 6.92 Å². The molecule has 1 atom stereocenters. The van der Waals surface area contributed by atoms with Gasteiger partial charge in [0, 0.05) is 18.1 Å². The molecule has 0 fully saturated rings. The molecule has 2 rings (SSSR count). The van der Waals surface area contributed by atoms with E-state index >= 15 is 0 Å². The molecule has 0 spiro atoms. The molecule has 2 aromatic rings. The molecule has 0 aliphatic rings.